The molecular formula is C28H26BrN5O3S. The number of aromatic nitrogens is 2. The number of anilines is 2. The summed E-state index contributed by atoms with van der Waals surface area (Å²) in [7, 11) is 3.04. The van der Waals surface area contributed by atoms with E-state index in [1.165, 1.54) is 7.11 Å². The number of ether oxygens (including phenoxy) is 2. The Hall–Kier alpha value is -3.73. The van der Waals surface area contributed by atoms with Gasteiger partial charge in [0.2, 0.25) is 5.91 Å². The van der Waals surface area contributed by atoms with Crippen molar-refractivity contribution in [3.8, 4) is 11.4 Å². The monoisotopic (exact) mass is 591 g/mol. The highest BCUT2D eigenvalue weighted by Gasteiger charge is 2.42. The number of rotatable bonds is 8. The number of carbonyl (C=O) groups excluding carboxylic acids is 1. The first-order valence-corrected chi connectivity index (χ1v) is 13.1. The van der Waals surface area contributed by atoms with Crippen LogP contribution in [0, 0.1) is 0 Å². The van der Waals surface area contributed by atoms with Crippen LogP contribution in [0.4, 0.5) is 11.4 Å². The predicted molar refractivity (Wildman–Crippen MR) is 155 cm³/mol. The molecule has 2 atom stereocenters. The minimum Gasteiger partial charge on any atom is -0.495 e. The van der Waals surface area contributed by atoms with Crippen LogP contribution in [0.15, 0.2) is 89.7 Å². The van der Waals surface area contributed by atoms with E-state index in [0.717, 1.165) is 27.2 Å². The van der Waals surface area contributed by atoms with Gasteiger partial charge in [-0.1, -0.05) is 22.0 Å². The van der Waals surface area contributed by atoms with Crippen LogP contribution in [-0.2, 0) is 9.53 Å². The highest BCUT2D eigenvalue weighted by Crippen LogP contribution is 2.43. The Bertz CT molecular complexity index is 1440. The Labute approximate surface area is 234 Å². The van der Waals surface area contributed by atoms with Crippen LogP contribution in [0.25, 0.3) is 5.69 Å². The van der Waals surface area contributed by atoms with Gasteiger partial charge < -0.3 is 29.6 Å². The van der Waals surface area contributed by atoms with Crippen molar-refractivity contribution in [2.75, 3.05) is 31.0 Å². The van der Waals surface area contributed by atoms with Crippen molar-refractivity contribution in [1.29, 1.82) is 0 Å². The normalized spacial score (nSPS) is 16.8. The minimum atomic E-state index is -0.280. The number of halogens is 1. The van der Waals surface area contributed by atoms with E-state index in [1.807, 2.05) is 60.8 Å². The number of nitrogens with one attached hydrogen (secondary N) is 2. The summed E-state index contributed by atoms with van der Waals surface area (Å²) in [6, 6.07) is 23.3. The van der Waals surface area contributed by atoms with E-state index in [4.69, 9.17) is 21.7 Å². The van der Waals surface area contributed by atoms with Crippen LogP contribution in [0.1, 0.15) is 23.5 Å². The van der Waals surface area contributed by atoms with Crippen LogP contribution >= 0.6 is 28.1 Å². The van der Waals surface area contributed by atoms with Gasteiger partial charge in [-0.3, -0.25) is 9.78 Å². The second-order valence-corrected chi connectivity index (χ2v) is 9.94. The van der Waals surface area contributed by atoms with Gasteiger partial charge in [0.25, 0.3) is 0 Å². The summed E-state index contributed by atoms with van der Waals surface area (Å²) < 4.78 is 13.6. The van der Waals surface area contributed by atoms with E-state index in [2.05, 4.69) is 59.2 Å². The molecule has 1 saturated heterocycles. The largest absolute Gasteiger partial charge is 0.495 e. The molecule has 10 heteroatoms. The third kappa shape index (κ3) is 5.15. The first-order valence-electron chi connectivity index (χ1n) is 11.9. The molecule has 2 aromatic heterocycles. The smallest absolute Gasteiger partial charge is 0.250 e. The lowest BCUT2D eigenvalue weighted by atomic mass is 10.0. The second kappa shape index (κ2) is 11.3. The van der Waals surface area contributed by atoms with E-state index in [-0.39, 0.29) is 24.6 Å². The predicted octanol–water partition coefficient (Wildman–Crippen LogP) is 5.41. The average molecular weight is 593 g/mol. The summed E-state index contributed by atoms with van der Waals surface area (Å²) >= 11 is 9.42. The van der Waals surface area contributed by atoms with Crippen LogP contribution in [0.2, 0.25) is 0 Å². The van der Waals surface area contributed by atoms with Gasteiger partial charge in [0.1, 0.15) is 18.4 Å². The third-order valence-corrected chi connectivity index (χ3v) is 7.14. The molecule has 194 valence electrons. The lowest BCUT2D eigenvalue weighted by Crippen LogP contribution is -2.30. The average Bonchev–Trinajstić information content (AvgIpc) is 3.54. The van der Waals surface area contributed by atoms with Crippen LogP contribution < -0.4 is 20.3 Å². The summed E-state index contributed by atoms with van der Waals surface area (Å²) in [5.41, 5.74) is 4.23. The molecule has 0 unspecified atom stereocenters. The number of nitrogens with zero attached hydrogens (tertiary/aromatic N) is 3. The SMILES string of the molecule is COCC(=O)Nc1cc(N2C(=S)N[C@@H](c3ccccn3)[C@H]2c2cccn2-c2ccc(Br)cc2)ccc1OC. The molecule has 1 fully saturated rings. The molecule has 0 aliphatic carbocycles. The van der Waals surface area contributed by atoms with Gasteiger partial charge in [-0.05, 0) is 78.9 Å². The highest BCUT2D eigenvalue weighted by atomic mass is 79.9. The highest BCUT2D eigenvalue weighted by molar-refractivity contribution is 9.10. The second-order valence-electron chi connectivity index (χ2n) is 8.64. The quantitative estimate of drug-likeness (QED) is 0.265. The zero-order chi connectivity index (χ0) is 26.6. The van der Waals surface area contributed by atoms with Gasteiger partial charge in [-0.2, -0.15) is 0 Å². The summed E-state index contributed by atoms with van der Waals surface area (Å²) in [5, 5.41) is 6.91. The number of benzene rings is 2. The Balaban J connectivity index is 1.62. The van der Waals surface area contributed by atoms with Gasteiger partial charge in [-0.15, -0.1) is 0 Å². The number of amides is 1. The summed E-state index contributed by atoms with van der Waals surface area (Å²) in [5.74, 6) is 0.254. The van der Waals surface area contributed by atoms with Gasteiger partial charge in [-0.25, -0.2) is 0 Å². The van der Waals surface area contributed by atoms with Gasteiger partial charge in [0.15, 0.2) is 5.11 Å². The molecule has 38 heavy (non-hydrogen) atoms. The Morgan fingerprint density at radius 2 is 1.87 bits per heavy atom. The molecule has 0 saturated carbocycles. The number of thiocarbonyl (C=S) groups is 1. The first kappa shape index (κ1) is 25.9. The van der Waals surface area contributed by atoms with Crippen molar-refractivity contribution in [3.05, 3.63) is 101 Å². The zero-order valence-corrected chi connectivity index (χ0v) is 23.2. The fraction of sp³-hybridized carbons (Fsp3) is 0.179. The number of hydrogen-bond acceptors (Lipinski definition) is 5. The van der Waals surface area contributed by atoms with E-state index < -0.39 is 0 Å². The lowest BCUT2D eigenvalue weighted by molar-refractivity contribution is -0.119. The van der Waals surface area contributed by atoms with Gasteiger partial charge in [0.05, 0.1) is 24.5 Å². The van der Waals surface area contributed by atoms with Gasteiger partial charge >= 0.3 is 0 Å². The first-order chi connectivity index (χ1) is 18.5. The topological polar surface area (TPSA) is 80.7 Å². The van der Waals surface area contributed by atoms with Crippen LogP contribution in [-0.4, -0.2) is 41.4 Å². The molecule has 0 radical (unpaired) electrons. The maximum atomic E-state index is 12.3. The van der Waals surface area contributed by atoms with Crippen molar-refractivity contribution in [2.45, 2.75) is 12.1 Å². The molecule has 0 bridgehead atoms. The summed E-state index contributed by atoms with van der Waals surface area (Å²) in [4.78, 5) is 19.0. The van der Waals surface area contributed by atoms with Crippen LogP contribution in [0.3, 0.4) is 0 Å². The molecule has 3 heterocycles. The number of carbonyl (C=O) groups is 1. The molecular weight excluding hydrogens is 566 g/mol. The molecule has 2 N–H and O–H groups in total. The van der Waals surface area contributed by atoms with Crippen molar-refractivity contribution in [3.63, 3.8) is 0 Å². The standard InChI is InChI=1S/C28H26BrN5O3S/c1-36-17-25(35)31-22-16-20(12-13-24(22)37-2)34-27(26(32-28(34)38)21-6-3-4-14-30-21)23-7-5-15-33(23)19-10-8-18(29)9-11-19/h3-16,26-27H,17H2,1-2H3,(H,31,35)(H,32,38)/t26-,27+/m0/s1. The molecule has 0 spiro atoms. The minimum absolute atomic E-state index is 0.0673. The maximum absolute atomic E-state index is 12.3. The third-order valence-electron chi connectivity index (χ3n) is 6.30. The fourth-order valence-electron chi connectivity index (χ4n) is 4.67. The van der Waals surface area contributed by atoms with E-state index >= 15 is 0 Å². The van der Waals surface area contributed by atoms with E-state index in [9.17, 15) is 4.79 Å². The van der Waals surface area contributed by atoms with Crippen molar-refractivity contribution >= 4 is 50.5 Å². The zero-order valence-electron chi connectivity index (χ0n) is 20.8. The van der Waals surface area contributed by atoms with Crippen molar-refractivity contribution in [2.24, 2.45) is 0 Å². The Kier molecular flexibility index (Phi) is 7.73. The number of hydrogen-bond donors (Lipinski definition) is 2. The molecule has 1 aliphatic rings. The lowest BCUT2D eigenvalue weighted by Gasteiger charge is -2.29. The molecule has 1 aliphatic heterocycles. The number of pyridine rings is 1. The maximum Gasteiger partial charge on any atom is 0.250 e. The van der Waals surface area contributed by atoms with Gasteiger partial charge in [0, 0.05) is 41.0 Å². The molecule has 5 rings (SSSR count). The van der Waals surface area contributed by atoms with Crippen molar-refractivity contribution in [1.82, 2.24) is 14.9 Å². The Morgan fingerprint density at radius 1 is 1.08 bits per heavy atom. The number of methoxy groups -OCH3 is 2. The summed E-state index contributed by atoms with van der Waals surface area (Å²) in [6.45, 7) is -0.0673. The fourth-order valence-corrected chi connectivity index (χ4v) is 5.28. The molecule has 1 amide bonds. The van der Waals surface area contributed by atoms with Crippen molar-refractivity contribution < 1.29 is 14.3 Å². The van der Waals surface area contributed by atoms with E-state index in [0.29, 0.717) is 16.5 Å². The molecule has 8 nitrogen and oxygen atoms in total. The summed E-state index contributed by atoms with van der Waals surface area (Å²) in [6.07, 6.45) is 3.82. The Morgan fingerprint density at radius 3 is 2.58 bits per heavy atom. The van der Waals surface area contributed by atoms with Crippen LogP contribution in [0.5, 0.6) is 5.75 Å². The molecule has 2 aromatic carbocycles. The molecule has 4 aromatic rings. The van der Waals surface area contributed by atoms with E-state index in [1.54, 1.807) is 13.3 Å².